The summed E-state index contributed by atoms with van der Waals surface area (Å²) in [7, 11) is 3.19. The molecule has 0 unspecified atom stereocenters. The van der Waals surface area contributed by atoms with Gasteiger partial charge in [-0.1, -0.05) is 0 Å². The van der Waals surface area contributed by atoms with Crippen LogP contribution in [0.1, 0.15) is 24.0 Å². The summed E-state index contributed by atoms with van der Waals surface area (Å²) in [4.78, 5) is 21.6. The third-order valence-corrected chi connectivity index (χ3v) is 4.32. The number of nitrogens with zero attached hydrogens (tertiary/aromatic N) is 3. The fourth-order valence-corrected chi connectivity index (χ4v) is 2.82. The molecular formula is C17H27N5O2. The van der Waals surface area contributed by atoms with Crippen LogP contribution in [0, 0.1) is 6.92 Å². The molecule has 0 saturated carbocycles. The highest BCUT2D eigenvalue weighted by atomic mass is 16.5. The lowest BCUT2D eigenvalue weighted by molar-refractivity contribution is 0.111. The summed E-state index contributed by atoms with van der Waals surface area (Å²) >= 11 is 0. The van der Waals surface area contributed by atoms with Crippen LogP contribution in [0.3, 0.4) is 0 Å². The van der Waals surface area contributed by atoms with Gasteiger partial charge in [0, 0.05) is 45.1 Å². The van der Waals surface area contributed by atoms with Gasteiger partial charge in [0.25, 0.3) is 0 Å². The summed E-state index contributed by atoms with van der Waals surface area (Å²) in [6.45, 7) is 4.30. The van der Waals surface area contributed by atoms with Crippen LogP contribution >= 0.6 is 0 Å². The van der Waals surface area contributed by atoms with E-state index in [0.29, 0.717) is 19.1 Å². The maximum atomic E-state index is 11.5. The normalized spacial score (nSPS) is 16.0. The Balaban J connectivity index is 1.73. The van der Waals surface area contributed by atoms with Crippen LogP contribution in [-0.4, -0.2) is 61.8 Å². The monoisotopic (exact) mass is 333 g/mol. The number of aryl methyl sites for hydroxylation is 1. The van der Waals surface area contributed by atoms with E-state index in [0.717, 1.165) is 31.8 Å². The molecule has 7 heteroatoms. The molecule has 0 aliphatic carbocycles. The zero-order valence-corrected chi connectivity index (χ0v) is 14.7. The number of carbonyl (C=O) groups excluding carboxylic acids is 1. The Morgan fingerprint density at radius 2 is 2.21 bits per heavy atom. The molecule has 1 aromatic heterocycles. The predicted molar refractivity (Wildman–Crippen MR) is 94.2 cm³/mol. The highest BCUT2D eigenvalue weighted by Crippen LogP contribution is 2.11. The van der Waals surface area contributed by atoms with Crippen molar-refractivity contribution in [1.29, 1.82) is 0 Å². The van der Waals surface area contributed by atoms with Crippen molar-refractivity contribution < 1.29 is 9.53 Å². The Hall–Kier alpha value is -2.31. The lowest BCUT2D eigenvalue weighted by Gasteiger charge is -2.32. The van der Waals surface area contributed by atoms with E-state index in [1.807, 2.05) is 12.4 Å². The molecule has 0 spiro atoms. The van der Waals surface area contributed by atoms with Crippen LogP contribution in [0.15, 0.2) is 23.5 Å². The second-order valence-electron chi connectivity index (χ2n) is 5.93. The first-order valence-corrected chi connectivity index (χ1v) is 8.33. The molecule has 0 atom stereocenters. The van der Waals surface area contributed by atoms with Gasteiger partial charge in [0.2, 0.25) is 0 Å². The highest BCUT2D eigenvalue weighted by molar-refractivity contribution is 5.80. The van der Waals surface area contributed by atoms with E-state index in [-0.39, 0.29) is 6.09 Å². The summed E-state index contributed by atoms with van der Waals surface area (Å²) in [6, 6.07) is 2.37. The summed E-state index contributed by atoms with van der Waals surface area (Å²) < 4.78 is 4.76. The average molecular weight is 333 g/mol. The van der Waals surface area contributed by atoms with Crippen molar-refractivity contribution in [3.63, 3.8) is 0 Å². The van der Waals surface area contributed by atoms with Crippen molar-refractivity contribution >= 4 is 12.1 Å². The molecule has 24 heavy (non-hydrogen) atoms. The number of guanidine groups is 1. The largest absolute Gasteiger partial charge is 0.453 e. The number of hydrogen-bond donors (Lipinski definition) is 2. The lowest BCUT2D eigenvalue weighted by atomic mass is 10.1. The number of pyridine rings is 1. The summed E-state index contributed by atoms with van der Waals surface area (Å²) in [5.74, 6) is 0.804. The first-order chi connectivity index (χ1) is 11.6. The van der Waals surface area contributed by atoms with E-state index >= 15 is 0 Å². The van der Waals surface area contributed by atoms with E-state index in [2.05, 4.69) is 33.6 Å². The van der Waals surface area contributed by atoms with Crippen LogP contribution in [0.5, 0.6) is 0 Å². The van der Waals surface area contributed by atoms with Crippen molar-refractivity contribution in [3.8, 4) is 0 Å². The number of ether oxygens (including phenoxy) is 1. The highest BCUT2D eigenvalue weighted by Gasteiger charge is 2.23. The van der Waals surface area contributed by atoms with Gasteiger partial charge in [-0.05, 0) is 43.4 Å². The van der Waals surface area contributed by atoms with Crippen molar-refractivity contribution in [3.05, 3.63) is 29.6 Å². The van der Waals surface area contributed by atoms with E-state index in [9.17, 15) is 4.79 Å². The first kappa shape index (κ1) is 18.0. The smallest absolute Gasteiger partial charge is 0.409 e. The second-order valence-corrected chi connectivity index (χ2v) is 5.93. The molecule has 1 amide bonds. The first-order valence-electron chi connectivity index (χ1n) is 8.33. The number of nitrogens with one attached hydrogen (secondary N) is 2. The van der Waals surface area contributed by atoms with Gasteiger partial charge in [-0.2, -0.15) is 0 Å². The number of piperidine rings is 1. The molecule has 2 rings (SSSR count). The number of aromatic nitrogens is 1. The predicted octanol–water partition coefficient (Wildman–Crippen LogP) is 1.33. The Bertz CT molecular complexity index is 568. The van der Waals surface area contributed by atoms with Gasteiger partial charge in [-0.25, -0.2) is 4.79 Å². The van der Waals surface area contributed by atoms with Gasteiger partial charge in [-0.15, -0.1) is 0 Å². The number of hydrogen-bond acceptors (Lipinski definition) is 4. The number of aliphatic imine (C=N–C) groups is 1. The third-order valence-electron chi connectivity index (χ3n) is 4.32. The zero-order chi connectivity index (χ0) is 17.4. The topological polar surface area (TPSA) is 78.9 Å². The van der Waals surface area contributed by atoms with Crippen LogP contribution in [0.25, 0.3) is 0 Å². The van der Waals surface area contributed by atoms with Crippen LogP contribution in [-0.2, 0) is 11.2 Å². The number of likely N-dealkylation sites (tertiary alicyclic amines) is 1. The SMILES string of the molecule is CN=C(NCCc1ccncc1C)NC1CCN(C(=O)OC)CC1. The maximum Gasteiger partial charge on any atom is 0.409 e. The number of rotatable bonds is 4. The molecule has 1 saturated heterocycles. The van der Waals surface area contributed by atoms with E-state index in [4.69, 9.17) is 4.74 Å². The molecule has 2 N–H and O–H groups in total. The van der Waals surface area contributed by atoms with E-state index < -0.39 is 0 Å². The minimum atomic E-state index is -0.247. The van der Waals surface area contributed by atoms with Crippen LogP contribution in [0.2, 0.25) is 0 Å². The van der Waals surface area contributed by atoms with E-state index in [1.54, 1.807) is 11.9 Å². The number of methoxy groups -OCH3 is 1. The Morgan fingerprint density at radius 1 is 1.46 bits per heavy atom. The van der Waals surface area contributed by atoms with Crippen molar-refractivity contribution in [1.82, 2.24) is 20.5 Å². The zero-order valence-electron chi connectivity index (χ0n) is 14.7. The molecule has 0 radical (unpaired) electrons. The molecule has 1 aromatic rings. The Labute approximate surface area is 143 Å². The molecular weight excluding hydrogens is 306 g/mol. The lowest BCUT2D eigenvalue weighted by Crippen LogP contribution is -2.50. The average Bonchev–Trinajstić information content (AvgIpc) is 2.62. The Morgan fingerprint density at radius 3 is 2.83 bits per heavy atom. The van der Waals surface area contributed by atoms with Crippen molar-refractivity contribution in [2.24, 2.45) is 4.99 Å². The number of amides is 1. The van der Waals surface area contributed by atoms with Crippen LogP contribution in [0.4, 0.5) is 4.79 Å². The molecule has 132 valence electrons. The van der Waals surface area contributed by atoms with Gasteiger partial charge in [0.05, 0.1) is 7.11 Å². The molecule has 1 aliphatic heterocycles. The number of carbonyl (C=O) groups is 1. The standard InChI is InChI=1S/C17H27N5O2/c1-13-12-19-8-4-14(13)5-9-20-16(18-2)21-15-6-10-22(11-7-15)17(23)24-3/h4,8,12,15H,5-7,9-11H2,1-3H3,(H2,18,20,21). The molecule has 7 nitrogen and oxygen atoms in total. The molecule has 2 heterocycles. The second kappa shape index (κ2) is 9.10. The van der Waals surface area contributed by atoms with Gasteiger partial charge < -0.3 is 20.3 Å². The van der Waals surface area contributed by atoms with Gasteiger partial charge in [0.1, 0.15) is 0 Å². The van der Waals surface area contributed by atoms with Gasteiger partial charge >= 0.3 is 6.09 Å². The quantitative estimate of drug-likeness (QED) is 0.642. The summed E-state index contributed by atoms with van der Waals surface area (Å²) in [6.07, 6.45) is 6.17. The molecule has 1 aliphatic rings. The van der Waals surface area contributed by atoms with E-state index in [1.165, 1.54) is 18.2 Å². The van der Waals surface area contributed by atoms with Crippen LogP contribution < -0.4 is 10.6 Å². The fraction of sp³-hybridized carbons (Fsp3) is 0.588. The minimum absolute atomic E-state index is 0.247. The Kier molecular flexibility index (Phi) is 6.84. The molecule has 0 bridgehead atoms. The minimum Gasteiger partial charge on any atom is -0.453 e. The molecule has 1 fully saturated rings. The van der Waals surface area contributed by atoms with Gasteiger partial charge in [0.15, 0.2) is 5.96 Å². The fourth-order valence-electron chi connectivity index (χ4n) is 2.82. The molecule has 0 aromatic carbocycles. The third kappa shape index (κ3) is 5.11. The van der Waals surface area contributed by atoms with Crippen molar-refractivity contribution in [2.75, 3.05) is 33.8 Å². The van der Waals surface area contributed by atoms with Gasteiger partial charge in [-0.3, -0.25) is 9.98 Å². The summed E-state index contributed by atoms with van der Waals surface area (Å²) in [5, 5.41) is 6.78. The summed E-state index contributed by atoms with van der Waals surface area (Å²) in [5.41, 5.74) is 2.50. The van der Waals surface area contributed by atoms with Crippen molar-refractivity contribution in [2.45, 2.75) is 32.2 Å². The maximum absolute atomic E-state index is 11.5.